The molecule has 0 unspecified atom stereocenters. The van der Waals surface area contributed by atoms with Gasteiger partial charge in [-0.15, -0.1) is 0 Å². The van der Waals surface area contributed by atoms with Crippen LogP contribution < -0.4 is 0 Å². The second-order valence-corrected chi connectivity index (χ2v) is 5.69. The fourth-order valence-corrected chi connectivity index (χ4v) is 3.33. The van der Waals surface area contributed by atoms with Gasteiger partial charge in [0.15, 0.2) is 5.15 Å². The maximum atomic E-state index is 11.0. The molecule has 1 aromatic carbocycles. The predicted octanol–water partition coefficient (Wildman–Crippen LogP) is 4.20. The summed E-state index contributed by atoms with van der Waals surface area (Å²) in [7, 11) is 0. The summed E-state index contributed by atoms with van der Waals surface area (Å²) in [4.78, 5) is 19.0. The van der Waals surface area contributed by atoms with Crippen LogP contribution >= 0.6 is 35.1 Å². The van der Waals surface area contributed by atoms with E-state index in [1.54, 1.807) is 34.4 Å². The molecular formula is C12H6Cl2N4O2S. The highest BCUT2D eigenvalue weighted by Crippen LogP contribution is 2.34. The fraction of sp³-hybridized carbons (Fsp3) is 0. The van der Waals surface area contributed by atoms with E-state index in [-0.39, 0.29) is 16.1 Å². The van der Waals surface area contributed by atoms with Crippen LogP contribution in [0, 0.1) is 10.1 Å². The molecule has 0 aliphatic carbocycles. The van der Waals surface area contributed by atoms with E-state index in [0.29, 0.717) is 15.9 Å². The first kappa shape index (κ1) is 14.1. The molecule has 0 spiro atoms. The molecule has 0 amide bonds. The van der Waals surface area contributed by atoms with E-state index in [1.165, 1.54) is 18.0 Å². The van der Waals surface area contributed by atoms with Gasteiger partial charge in [-0.05, 0) is 35.7 Å². The lowest BCUT2D eigenvalue weighted by atomic mass is 10.3. The third-order valence-electron chi connectivity index (χ3n) is 2.69. The largest absolute Gasteiger partial charge is 0.284 e. The van der Waals surface area contributed by atoms with Crippen LogP contribution in [0.5, 0.6) is 0 Å². The number of hydrogen-bond donors (Lipinski definition) is 0. The van der Waals surface area contributed by atoms with Gasteiger partial charge < -0.3 is 0 Å². The quantitative estimate of drug-likeness (QED) is 0.309. The standard InChI is InChI=1S/C12H6Cl2N4O2S/c13-11-10-7(15-12(14)16-11)5-6-17(10)21-9-4-2-1-3-8(9)18(19)20/h1-6H. The van der Waals surface area contributed by atoms with Gasteiger partial charge in [-0.2, -0.15) is 0 Å². The van der Waals surface area contributed by atoms with Crippen LogP contribution in [0.2, 0.25) is 10.4 Å². The van der Waals surface area contributed by atoms with Crippen LogP contribution in [-0.2, 0) is 0 Å². The zero-order chi connectivity index (χ0) is 15.0. The molecule has 2 aromatic heterocycles. The van der Waals surface area contributed by atoms with Gasteiger partial charge in [0.2, 0.25) is 5.28 Å². The Balaban J connectivity index is 2.09. The molecule has 2 heterocycles. The Hall–Kier alpha value is -1.83. The van der Waals surface area contributed by atoms with Gasteiger partial charge in [-0.3, -0.25) is 14.1 Å². The van der Waals surface area contributed by atoms with Crippen LogP contribution in [0.1, 0.15) is 0 Å². The van der Waals surface area contributed by atoms with E-state index in [4.69, 9.17) is 23.2 Å². The Morgan fingerprint density at radius 1 is 1.19 bits per heavy atom. The van der Waals surface area contributed by atoms with Crippen LogP contribution in [-0.4, -0.2) is 18.9 Å². The van der Waals surface area contributed by atoms with E-state index in [1.807, 2.05) is 0 Å². The number of rotatable bonds is 3. The van der Waals surface area contributed by atoms with E-state index in [2.05, 4.69) is 9.97 Å². The summed E-state index contributed by atoms with van der Waals surface area (Å²) in [5, 5.41) is 11.3. The minimum absolute atomic E-state index is 0.0235. The highest BCUT2D eigenvalue weighted by Gasteiger charge is 2.16. The van der Waals surface area contributed by atoms with Crippen molar-refractivity contribution in [1.29, 1.82) is 0 Å². The number of nitrogens with zero attached hydrogens (tertiary/aromatic N) is 4. The van der Waals surface area contributed by atoms with Crippen molar-refractivity contribution in [2.24, 2.45) is 0 Å². The molecule has 0 fully saturated rings. The summed E-state index contributed by atoms with van der Waals surface area (Å²) >= 11 is 13.0. The molecule has 9 heteroatoms. The Labute approximate surface area is 133 Å². The van der Waals surface area contributed by atoms with Crippen LogP contribution in [0.15, 0.2) is 41.4 Å². The minimum Gasteiger partial charge on any atom is -0.282 e. The highest BCUT2D eigenvalue weighted by molar-refractivity contribution is 7.98. The molecule has 0 radical (unpaired) electrons. The number of halogens is 2. The average molecular weight is 341 g/mol. The van der Waals surface area contributed by atoms with Gasteiger partial charge in [-0.25, -0.2) is 9.97 Å². The van der Waals surface area contributed by atoms with Gasteiger partial charge >= 0.3 is 0 Å². The predicted molar refractivity (Wildman–Crippen MR) is 81.9 cm³/mol. The minimum atomic E-state index is -0.428. The number of aromatic nitrogens is 3. The summed E-state index contributed by atoms with van der Waals surface area (Å²) in [6.07, 6.45) is 1.71. The van der Waals surface area contributed by atoms with Crippen LogP contribution in [0.3, 0.4) is 0 Å². The van der Waals surface area contributed by atoms with Crippen molar-refractivity contribution in [2.75, 3.05) is 0 Å². The molecule has 3 aromatic rings. The molecular weight excluding hydrogens is 335 g/mol. The number of benzene rings is 1. The average Bonchev–Trinajstić information content (AvgIpc) is 2.82. The van der Waals surface area contributed by atoms with Crippen molar-refractivity contribution in [2.45, 2.75) is 4.90 Å². The molecule has 0 saturated carbocycles. The van der Waals surface area contributed by atoms with Crippen LogP contribution in [0.4, 0.5) is 5.69 Å². The summed E-state index contributed by atoms with van der Waals surface area (Å²) < 4.78 is 1.68. The third-order valence-corrected chi connectivity index (χ3v) is 4.16. The number of nitro groups is 1. The first-order chi connectivity index (χ1) is 10.1. The monoisotopic (exact) mass is 340 g/mol. The van der Waals surface area contributed by atoms with Crippen molar-refractivity contribution >= 4 is 51.9 Å². The lowest BCUT2D eigenvalue weighted by molar-refractivity contribution is -0.387. The van der Waals surface area contributed by atoms with E-state index >= 15 is 0 Å². The van der Waals surface area contributed by atoms with Gasteiger partial charge in [-0.1, -0.05) is 23.7 Å². The molecule has 0 bridgehead atoms. The van der Waals surface area contributed by atoms with Gasteiger partial charge in [0, 0.05) is 12.3 Å². The SMILES string of the molecule is O=[N+]([O-])c1ccccc1Sn1ccc2nc(Cl)nc(Cl)c21. The Bertz CT molecular complexity index is 852. The summed E-state index contributed by atoms with van der Waals surface area (Å²) in [5.41, 5.74) is 1.16. The van der Waals surface area contributed by atoms with E-state index < -0.39 is 4.92 Å². The maximum Gasteiger partial charge on any atom is 0.284 e. The Kier molecular flexibility index (Phi) is 3.71. The zero-order valence-electron chi connectivity index (χ0n) is 10.2. The van der Waals surface area contributed by atoms with Crippen LogP contribution in [0.25, 0.3) is 11.0 Å². The molecule has 0 N–H and O–H groups in total. The normalized spacial score (nSPS) is 11.0. The molecule has 21 heavy (non-hydrogen) atoms. The lowest BCUT2D eigenvalue weighted by Crippen LogP contribution is -1.94. The molecule has 0 aliphatic heterocycles. The molecule has 0 saturated heterocycles. The van der Waals surface area contributed by atoms with E-state index in [9.17, 15) is 10.1 Å². The smallest absolute Gasteiger partial charge is 0.282 e. The zero-order valence-corrected chi connectivity index (χ0v) is 12.6. The molecule has 0 atom stereocenters. The van der Waals surface area contributed by atoms with Gasteiger partial charge in [0.25, 0.3) is 5.69 Å². The number of hydrogen-bond acceptors (Lipinski definition) is 5. The van der Waals surface area contributed by atoms with Crippen molar-refractivity contribution < 1.29 is 4.92 Å². The summed E-state index contributed by atoms with van der Waals surface area (Å²) in [6, 6.07) is 8.18. The van der Waals surface area contributed by atoms with Crippen molar-refractivity contribution in [3.05, 3.63) is 57.1 Å². The Morgan fingerprint density at radius 2 is 1.95 bits per heavy atom. The maximum absolute atomic E-state index is 11.0. The second kappa shape index (κ2) is 5.51. The Morgan fingerprint density at radius 3 is 2.71 bits per heavy atom. The molecule has 106 valence electrons. The molecule has 6 nitrogen and oxygen atoms in total. The molecule has 0 aliphatic rings. The van der Waals surface area contributed by atoms with Crippen molar-refractivity contribution in [3.63, 3.8) is 0 Å². The number of fused-ring (bicyclic) bond motifs is 1. The molecule has 3 rings (SSSR count). The number of nitro benzene ring substituents is 1. The van der Waals surface area contributed by atoms with E-state index in [0.717, 1.165) is 0 Å². The van der Waals surface area contributed by atoms with Crippen molar-refractivity contribution in [3.8, 4) is 0 Å². The summed E-state index contributed by atoms with van der Waals surface area (Å²) in [5.74, 6) is 0. The lowest BCUT2D eigenvalue weighted by Gasteiger charge is -2.05. The second-order valence-electron chi connectivity index (χ2n) is 3.97. The highest BCUT2D eigenvalue weighted by atomic mass is 35.5. The first-order valence-electron chi connectivity index (χ1n) is 5.68. The first-order valence-corrected chi connectivity index (χ1v) is 7.21. The van der Waals surface area contributed by atoms with Crippen molar-refractivity contribution in [1.82, 2.24) is 13.9 Å². The van der Waals surface area contributed by atoms with Gasteiger partial charge in [0.1, 0.15) is 10.4 Å². The summed E-state index contributed by atoms with van der Waals surface area (Å²) in [6.45, 7) is 0. The topological polar surface area (TPSA) is 73.8 Å². The number of para-hydroxylation sites is 1. The van der Waals surface area contributed by atoms with Gasteiger partial charge in [0.05, 0.1) is 10.4 Å². The fourth-order valence-electron chi connectivity index (χ4n) is 1.82. The third kappa shape index (κ3) is 2.67.